The molecule has 2 aromatic rings. The fourth-order valence-electron chi connectivity index (χ4n) is 3.28. The largest absolute Gasteiger partial charge is 0.379 e. The van der Waals surface area contributed by atoms with Crippen LogP contribution in [0.5, 0.6) is 0 Å². The SMILES string of the molecule is Cc1cccc(C(CNC(=O)Cc2ccc(F)cc2)N2CCOCC2)c1. The van der Waals surface area contributed by atoms with Crippen LogP contribution in [-0.4, -0.2) is 43.7 Å². The number of hydrogen-bond donors (Lipinski definition) is 1. The number of ether oxygens (including phenoxy) is 1. The van der Waals surface area contributed by atoms with E-state index < -0.39 is 0 Å². The highest BCUT2D eigenvalue weighted by atomic mass is 19.1. The molecule has 1 aliphatic heterocycles. The maximum atomic E-state index is 13.0. The maximum absolute atomic E-state index is 13.0. The van der Waals surface area contributed by atoms with Crippen LogP contribution in [0.1, 0.15) is 22.7 Å². The Balaban J connectivity index is 1.65. The second kappa shape index (κ2) is 8.92. The van der Waals surface area contributed by atoms with E-state index in [0.29, 0.717) is 19.8 Å². The third-order valence-corrected chi connectivity index (χ3v) is 4.68. The summed E-state index contributed by atoms with van der Waals surface area (Å²) in [7, 11) is 0. The van der Waals surface area contributed by atoms with Crippen molar-refractivity contribution in [1.29, 1.82) is 0 Å². The van der Waals surface area contributed by atoms with E-state index in [-0.39, 0.29) is 24.2 Å². The standard InChI is InChI=1S/C21H25FN2O2/c1-16-3-2-4-18(13-16)20(24-9-11-26-12-10-24)15-23-21(25)14-17-5-7-19(22)8-6-17/h2-8,13,20H,9-12,14-15H2,1H3,(H,23,25). The fraction of sp³-hybridized carbons (Fsp3) is 0.381. The van der Waals surface area contributed by atoms with Gasteiger partial charge in [0.15, 0.2) is 0 Å². The van der Waals surface area contributed by atoms with Crippen LogP contribution in [0.4, 0.5) is 4.39 Å². The second-order valence-corrected chi connectivity index (χ2v) is 6.69. The Morgan fingerprint density at radius 1 is 1.19 bits per heavy atom. The first-order chi connectivity index (χ1) is 12.6. The molecule has 1 atom stereocenters. The lowest BCUT2D eigenvalue weighted by Gasteiger charge is -2.35. The average molecular weight is 356 g/mol. The summed E-state index contributed by atoms with van der Waals surface area (Å²) in [6.45, 7) is 5.76. The molecule has 0 aromatic heterocycles. The molecule has 1 heterocycles. The van der Waals surface area contributed by atoms with E-state index >= 15 is 0 Å². The van der Waals surface area contributed by atoms with E-state index in [0.717, 1.165) is 18.7 Å². The van der Waals surface area contributed by atoms with E-state index in [1.165, 1.54) is 23.3 Å². The molecule has 4 nitrogen and oxygen atoms in total. The van der Waals surface area contributed by atoms with Crippen LogP contribution in [0.25, 0.3) is 0 Å². The molecule has 0 aliphatic carbocycles. The van der Waals surface area contributed by atoms with Crippen LogP contribution in [-0.2, 0) is 16.0 Å². The molecular weight excluding hydrogens is 331 g/mol. The summed E-state index contributed by atoms with van der Waals surface area (Å²) in [6.07, 6.45) is 0.254. The monoisotopic (exact) mass is 356 g/mol. The molecule has 1 fully saturated rings. The Hall–Kier alpha value is -2.24. The topological polar surface area (TPSA) is 41.6 Å². The molecule has 1 unspecified atom stereocenters. The number of carbonyl (C=O) groups is 1. The number of carbonyl (C=O) groups excluding carboxylic acids is 1. The van der Waals surface area contributed by atoms with Gasteiger partial charge in [0.1, 0.15) is 5.82 Å². The molecule has 1 amide bonds. The number of morpholine rings is 1. The van der Waals surface area contributed by atoms with Gasteiger partial charge in [-0.25, -0.2) is 4.39 Å². The first-order valence-corrected chi connectivity index (χ1v) is 9.01. The van der Waals surface area contributed by atoms with Gasteiger partial charge in [-0.3, -0.25) is 9.69 Å². The smallest absolute Gasteiger partial charge is 0.224 e. The number of nitrogens with one attached hydrogen (secondary N) is 1. The van der Waals surface area contributed by atoms with E-state index in [4.69, 9.17) is 4.74 Å². The average Bonchev–Trinajstić information content (AvgIpc) is 2.65. The summed E-state index contributed by atoms with van der Waals surface area (Å²) in [5.41, 5.74) is 3.22. The van der Waals surface area contributed by atoms with E-state index in [9.17, 15) is 9.18 Å². The molecule has 3 rings (SSSR count). The number of benzene rings is 2. The van der Waals surface area contributed by atoms with Crippen LogP contribution in [0, 0.1) is 12.7 Å². The van der Waals surface area contributed by atoms with Gasteiger partial charge < -0.3 is 10.1 Å². The van der Waals surface area contributed by atoms with Gasteiger partial charge in [0.25, 0.3) is 0 Å². The normalized spacial score (nSPS) is 16.2. The Morgan fingerprint density at radius 3 is 2.62 bits per heavy atom. The van der Waals surface area contributed by atoms with E-state index in [1.807, 2.05) is 0 Å². The first kappa shape index (κ1) is 18.5. The zero-order valence-corrected chi connectivity index (χ0v) is 15.1. The summed E-state index contributed by atoms with van der Waals surface area (Å²) >= 11 is 0. The molecule has 5 heteroatoms. The van der Waals surface area contributed by atoms with Crippen LogP contribution in [0.3, 0.4) is 0 Å². The Labute approximate surface area is 154 Å². The Kier molecular flexibility index (Phi) is 6.36. The van der Waals surface area contributed by atoms with Crippen molar-refractivity contribution in [2.75, 3.05) is 32.8 Å². The van der Waals surface area contributed by atoms with Gasteiger partial charge in [-0.2, -0.15) is 0 Å². The maximum Gasteiger partial charge on any atom is 0.224 e. The lowest BCUT2D eigenvalue weighted by Crippen LogP contribution is -2.44. The van der Waals surface area contributed by atoms with Crippen molar-refractivity contribution in [3.05, 3.63) is 71.0 Å². The van der Waals surface area contributed by atoms with Gasteiger partial charge in [0.2, 0.25) is 5.91 Å². The predicted molar refractivity (Wildman–Crippen MR) is 99.4 cm³/mol. The van der Waals surface area contributed by atoms with Crippen molar-refractivity contribution in [2.45, 2.75) is 19.4 Å². The van der Waals surface area contributed by atoms with Gasteiger partial charge >= 0.3 is 0 Å². The molecule has 1 N–H and O–H groups in total. The van der Waals surface area contributed by atoms with Crippen molar-refractivity contribution in [3.63, 3.8) is 0 Å². The summed E-state index contributed by atoms with van der Waals surface area (Å²) in [5, 5.41) is 3.05. The molecule has 1 saturated heterocycles. The Bertz CT molecular complexity index is 727. The van der Waals surface area contributed by atoms with Crippen LogP contribution in [0.2, 0.25) is 0 Å². The summed E-state index contributed by atoms with van der Waals surface area (Å²) in [5.74, 6) is -0.344. The van der Waals surface area contributed by atoms with Gasteiger partial charge in [0.05, 0.1) is 25.7 Å². The lowest BCUT2D eigenvalue weighted by molar-refractivity contribution is -0.120. The highest BCUT2D eigenvalue weighted by molar-refractivity contribution is 5.78. The summed E-state index contributed by atoms with van der Waals surface area (Å²) in [4.78, 5) is 14.7. The van der Waals surface area contributed by atoms with Gasteiger partial charge in [-0.1, -0.05) is 42.0 Å². The molecule has 1 aliphatic rings. The number of amides is 1. The molecule has 0 bridgehead atoms. The minimum absolute atomic E-state index is 0.0532. The molecular formula is C21H25FN2O2. The van der Waals surface area contributed by atoms with Crippen molar-refractivity contribution in [3.8, 4) is 0 Å². The minimum atomic E-state index is -0.291. The zero-order chi connectivity index (χ0) is 18.4. The molecule has 0 radical (unpaired) electrons. The summed E-state index contributed by atoms with van der Waals surface area (Å²) < 4.78 is 18.5. The van der Waals surface area contributed by atoms with E-state index in [1.54, 1.807) is 12.1 Å². The third-order valence-electron chi connectivity index (χ3n) is 4.68. The number of hydrogen-bond acceptors (Lipinski definition) is 3. The molecule has 26 heavy (non-hydrogen) atoms. The fourth-order valence-corrected chi connectivity index (χ4v) is 3.28. The van der Waals surface area contributed by atoms with Crippen molar-refractivity contribution >= 4 is 5.91 Å². The highest BCUT2D eigenvalue weighted by Crippen LogP contribution is 2.22. The predicted octanol–water partition coefficient (Wildman–Crippen LogP) is 2.87. The van der Waals surface area contributed by atoms with Gasteiger partial charge in [-0.05, 0) is 30.2 Å². The van der Waals surface area contributed by atoms with Crippen LogP contribution in [0.15, 0.2) is 48.5 Å². The van der Waals surface area contributed by atoms with Crippen molar-refractivity contribution < 1.29 is 13.9 Å². The number of halogens is 1. The quantitative estimate of drug-likeness (QED) is 0.865. The van der Waals surface area contributed by atoms with Crippen LogP contribution >= 0.6 is 0 Å². The molecule has 2 aromatic carbocycles. The Morgan fingerprint density at radius 2 is 1.92 bits per heavy atom. The molecule has 0 saturated carbocycles. The van der Waals surface area contributed by atoms with Gasteiger partial charge in [-0.15, -0.1) is 0 Å². The van der Waals surface area contributed by atoms with Crippen LogP contribution < -0.4 is 5.32 Å². The van der Waals surface area contributed by atoms with E-state index in [2.05, 4.69) is 41.4 Å². The zero-order valence-electron chi connectivity index (χ0n) is 15.1. The lowest BCUT2D eigenvalue weighted by atomic mass is 10.0. The number of nitrogens with zero attached hydrogens (tertiary/aromatic N) is 1. The summed E-state index contributed by atoms with van der Waals surface area (Å²) in [6, 6.07) is 14.6. The first-order valence-electron chi connectivity index (χ1n) is 9.01. The van der Waals surface area contributed by atoms with Crippen molar-refractivity contribution in [2.24, 2.45) is 0 Å². The third kappa shape index (κ3) is 5.13. The molecule has 138 valence electrons. The minimum Gasteiger partial charge on any atom is -0.379 e. The van der Waals surface area contributed by atoms with Gasteiger partial charge in [0, 0.05) is 19.6 Å². The molecule has 0 spiro atoms. The number of rotatable bonds is 6. The highest BCUT2D eigenvalue weighted by Gasteiger charge is 2.23. The van der Waals surface area contributed by atoms with Crippen molar-refractivity contribution in [1.82, 2.24) is 10.2 Å². The number of aryl methyl sites for hydroxylation is 1. The second-order valence-electron chi connectivity index (χ2n) is 6.69.